The summed E-state index contributed by atoms with van der Waals surface area (Å²) in [5, 5.41) is 10.4. The maximum Gasteiger partial charge on any atom is 0.255 e. The average molecular weight is 336 g/mol. The van der Waals surface area contributed by atoms with Crippen LogP contribution in [-0.2, 0) is 6.54 Å². The van der Waals surface area contributed by atoms with Crippen LogP contribution in [-0.4, -0.2) is 27.4 Å². The molecule has 1 atom stereocenters. The number of carbonyl (C=O) groups excluding carboxylic acids is 1. The molecular weight excluding hydrogens is 316 g/mol. The molecule has 25 heavy (non-hydrogen) atoms. The number of pyridine rings is 1. The highest BCUT2D eigenvalue weighted by molar-refractivity contribution is 5.93. The van der Waals surface area contributed by atoms with Crippen molar-refractivity contribution in [2.24, 2.45) is 0 Å². The largest absolute Gasteiger partial charge is 0.467 e. The Morgan fingerprint density at radius 1 is 1.16 bits per heavy atom. The number of benzene rings is 1. The molecule has 0 spiro atoms. The Morgan fingerprint density at radius 3 is 2.60 bits per heavy atom. The molecular formula is C20H20N2O3. The molecule has 0 aliphatic heterocycles. The van der Waals surface area contributed by atoms with E-state index in [0.717, 1.165) is 11.3 Å². The van der Waals surface area contributed by atoms with Gasteiger partial charge in [0, 0.05) is 18.4 Å². The molecule has 3 aromatic rings. The first-order valence-corrected chi connectivity index (χ1v) is 8.11. The van der Waals surface area contributed by atoms with Crippen LogP contribution in [0, 0.1) is 6.92 Å². The second-order valence-corrected chi connectivity index (χ2v) is 5.89. The van der Waals surface area contributed by atoms with Crippen LogP contribution >= 0.6 is 0 Å². The first kappa shape index (κ1) is 16.9. The van der Waals surface area contributed by atoms with Crippen molar-refractivity contribution in [1.29, 1.82) is 0 Å². The highest BCUT2D eigenvalue weighted by Crippen LogP contribution is 2.18. The number of aromatic nitrogens is 1. The monoisotopic (exact) mass is 336 g/mol. The van der Waals surface area contributed by atoms with E-state index in [0.29, 0.717) is 17.9 Å². The molecule has 2 heterocycles. The van der Waals surface area contributed by atoms with Crippen molar-refractivity contribution >= 4 is 5.91 Å². The maximum atomic E-state index is 12.9. The zero-order valence-corrected chi connectivity index (χ0v) is 14.0. The Labute approximate surface area is 146 Å². The summed E-state index contributed by atoms with van der Waals surface area (Å²) in [6, 6.07) is 16.6. The van der Waals surface area contributed by atoms with E-state index in [1.807, 2.05) is 37.3 Å². The first-order chi connectivity index (χ1) is 12.1. The third kappa shape index (κ3) is 4.33. The molecule has 0 aliphatic rings. The van der Waals surface area contributed by atoms with E-state index in [-0.39, 0.29) is 12.5 Å². The summed E-state index contributed by atoms with van der Waals surface area (Å²) >= 11 is 0. The van der Waals surface area contributed by atoms with Crippen molar-refractivity contribution in [3.8, 4) is 0 Å². The number of aliphatic hydroxyl groups is 1. The number of rotatable bonds is 6. The summed E-state index contributed by atoms with van der Waals surface area (Å²) in [6.45, 7) is 2.40. The van der Waals surface area contributed by atoms with E-state index in [2.05, 4.69) is 4.98 Å². The minimum absolute atomic E-state index is 0.134. The topological polar surface area (TPSA) is 66.6 Å². The molecule has 1 N–H and O–H groups in total. The Bertz CT molecular complexity index is 799. The van der Waals surface area contributed by atoms with Crippen molar-refractivity contribution < 1.29 is 14.3 Å². The molecule has 0 fully saturated rings. The molecule has 0 radical (unpaired) electrons. The predicted molar refractivity (Wildman–Crippen MR) is 93.8 cm³/mol. The van der Waals surface area contributed by atoms with Crippen LogP contribution in [0.15, 0.2) is 71.5 Å². The number of hydrogen-bond donors (Lipinski definition) is 1. The fourth-order valence-electron chi connectivity index (χ4n) is 2.58. The van der Waals surface area contributed by atoms with E-state index in [4.69, 9.17) is 4.42 Å². The van der Waals surface area contributed by atoms with Crippen LogP contribution in [0.4, 0.5) is 0 Å². The molecule has 1 amide bonds. The molecule has 1 unspecified atom stereocenters. The maximum absolute atomic E-state index is 12.9. The van der Waals surface area contributed by atoms with Crippen molar-refractivity contribution in [2.75, 3.05) is 6.54 Å². The second kappa shape index (κ2) is 7.77. The van der Waals surface area contributed by atoms with Crippen LogP contribution < -0.4 is 0 Å². The molecule has 0 aliphatic carbocycles. The minimum Gasteiger partial charge on any atom is -0.467 e. The van der Waals surface area contributed by atoms with Crippen LogP contribution in [0.2, 0.25) is 0 Å². The SMILES string of the molecule is Cc1ccc(C(=O)N(Cc2ccccc2)CC(O)c2ccco2)cn1. The van der Waals surface area contributed by atoms with Gasteiger partial charge in [-0.25, -0.2) is 0 Å². The van der Waals surface area contributed by atoms with E-state index >= 15 is 0 Å². The zero-order valence-electron chi connectivity index (χ0n) is 14.0. The number of nitrogens with zero attached hydrogens (tertiary/aromatic N) is 2. The normalized spacial score (nSPS) is 11.9. The molecule has 0 bridgehead atoms. The van der Waals surface area contributed by atoms with Gasteiger partial charge >= 0.3 is 0 Å². The highest BCUT2D eigenvalue weighted by atomic mass is 16.4. The van der Waals surface area contributed by atoms with Gasteiger partial charge in [-0.3, -0.25) is 9.78 Å². The van der Waals surface area contributed by atoms with E-state index in [1.54, 1.807) is 35.4 Å². The standard InChI is InChI=1S/C20H20N2O3/c1-15-9-10-17(12-21-15)20(24)22(13-16-6-3-2-4-7-16)14-18(23)19-8-5-11-25-19/h2-12,18,23H,13-14H2,1H3. The van der Waals surface area contributed by atoms with Crippen molar-refractivity contribution in [1.82, 2.24) is 9.88 Å². The first-order valence-electron chi connectivity index (χ1n) is 8.11. The minimum atomic E-state index is -0.888. The van der Waals surface area contributed by atoms with Gasteiger partial charge in [0.15, 0.2) is 0 Å². The van der Waals surface area contributed by atoms with Crippen LogP contribution in [0.1, 0.15) is 33.5 Å². The van der Waals surface area contributed by atoms with Gasteiger partial charge in [0.1, 0.15) is 11.9 Å². The average Bonchev–Trinajstić information content (AvgIpc) is 3.17. The molecule has 128 valence electrons. The summed E-state index contributed by atoms with van der Waals surface area (Å²) in [7, 11) is 0. The summed E-state index contributed by atoms with van der Waals surface area (Å²) in [5.74, 6) is 0.259. The highest BCUT2D eigenvalue weighted by Gasteiger charge is 2.22. The number of aliphatic hydroxyl groups excluding tert-OH is 1. The lowest BCUT2D eigenvalue weighted by Gasteiger charge is -2.25. The fraction of sp³-hybridized carbons (Fsp3) is 0.200. The fourth-order valence-corrected chi connectivity index (χ4v) is 2.58. The van der Waals surface area contributed by atoms with Gasteiger partial charge in [0.05, 0.1) is 18.4 Å². The van der Waals surface area contributed by atoms with Gasteiger partial charge in [0.2, 0.25) is 0 Å². The molecule has 5 heteroatoms. The number of aryl methyl sites for hydroxylation is 1. The van der Waals surface area contributed by atoms with Gasteiger partial charge in [-0.15, -0.1) is 0 Å². The van der Waals surface area contributed by atoms with Gasteiger partial charge in [-0.2, -0.15) is 0 Å². The van der Waals surface area contributed by atoms with Crippen LogP contribution in [0.3, 0.4) is 0 Å². The number of furan rings is 1. The van der Waals surface area contributed by atoms with Gasteiger partial charge < -0.3 is 14.4 Å². The lowest BCUT2D eigenvalue weighted by atomic mass is 10.1. The van der Waals surface area contributed by atoms with Crippen molar-refractivity contribution in [3.63, 3.8) is 0 Å². The Balaban J connectivity index is 1.82. The molecule has 5 nitrogen and oxygen atoms in total. The summed E-state index contributed by atoms with van der Waals surface area (Å²) in [6.07, 6.45) is 2.18. The summed E-state index contributed by atoms with van der Waals surface area (Å²) < 4.78 is 5.25. The van der Waals surface area contributed by atoms with E-state index < -0.39 is 6.10 Å². The second-order valence-electron chi connectivity index (χ2n) is 5.89. The van der Waals surface area contributed by atoms with Gasteiger partial charge in [-0.05, 0) is 36.8 Å². The van der Waals surface area contributed by atoms with Gasteiger partial charge in [-0.1, -0.05) is 30.3 Å². The van der Waals surface area contributed by atoms with Gasteiger partial charge in [0.25, 0.3) is 5.91 Å². The van der Waals surface area contributed by atoms with Crippen molar-refractivity contribution in [3.05, 3.63) is 89.6 Å². The van der Waals surface area contributed by atoms with Crippen molar-refractivity contribution in [2.45, 2.75) is 19.6 Å². The quantitative estimate of drug-likeness (QED) is 0.749. The summed E-state index contributed by atoms with van der Waals surface area (Å²) in [5.41, 5.74) is 2.33. The molecule has 1 aromatic carbocycles. The van der Waals surface area contributed by atoms with Crippen LogP contribution in [0.25, 0.3) is 0 Å². The number of carbonyl (C=O) groups is 1. The lowest BCUT2D eigenvalue weighted by molar-refractivity contribution is 0.0563. The zero-order chi connectivity index (χ0) is 17.6. The number of amides is 1. The predicted octanol–water partition coefficient (Wildman–Crippen LogP) is 3.36. The summed E-state index contributed by atoms with van der Waals surface area (Å²) in [4.78, 5) is 18.7. The Kier molecular flexibility index (Phi) is 5.26. The molecule has 0 saturated heterocycles. The smallest absolute Gasteiger partial charge is 0.255 e. The Hall–Kier alpha value is -2.92. The lowest BCUT2D eigenvalue weighted by Crippen LogP contribution is -2.34. The van der Waals surface area contributed by atoms with E-state index in [9.17, 15) is 9.90 Å². The molecule has 3 rings (SSSR count). The third-order valence-electron chi connectivity index (χ3n) is 3.93. The van der Waals surface area contributed by atoms with Crippen LogP contribution in [0.5, 0.6) is 0 Å². The molecule has 0 saturated carbocycles. The molecule has 2 aromatic heterocycles. The number of hydrogen-bond acceptors (Lipinski definition) is 4. The van der Waals surface area contributed by atoms with E-state index in [1.165, 1.54) is 6.26 Å². The third-order valence-corrected chi connectivity index (χ3v) is 3.93. The Morgan fingerprint density at radius 2 is 1.96 bits per heavy atom.